The Hall–Kier alpha value is -0.820. The minimum atomic E-state index is 0.163. The second kappa shape index (κ2) is 5.49. The average Bonchev–Trinajstić information content (AvgIpc) is 2.16. The normalized spacial score (nSPS) is 13.8. The topological polar surface area (TPSA) is 26.0 Å². The average molecular weight is 219 g/mol. The molecule has 0 aliphatic carbocycles. The van der Waals surface area contributed by atoms with E-state index in [2.05, 4.69) is 52.0 Å². The Morgan fingerprint density at radius 2 is 1.69 bits per heavy atom. The molecule has 0 aliphatic rings. The van der Waals surface area contributed by atoms with Crippen LogP contribution in [0.3, 0.4) is 0 Å². The Morgan fingerprint density at radius 3 is 2.12 bits per heavy atom. The lowest BCUT2D eigenvalue weighted by atomic mass is 9.86. The molecule has 1 aromatic rings. The predicted molar refractivity (Wildman–Crippen MR) is 71.4 cm³/mol. The third-order valence-electron chi connectivity index (χ3n) is 2.78. The van der Waals surface area contributed by atoms with E-state index in [9.17, 15) is 0 Å². The molecule has 0 spiro atoms. The summed E-state index contributed by atoms with van der Waals surface area (Å²) in [6.07, 6.45) is 3.39. The summed E-state index contributed by atoms with van der Waals surface area (Å²) in [5, 5.41) is 0. The van der Waals surface area contributed by atoms with Gasteiger partial charge in [-0.3, -0.25) is 0 Å². The summed E-state index contributed by atoms with van der Waals surface area (Å²) >= 11 is 0. The first-order valence-corrected chi connectivity index (χ1v) is 6.27. The Bertz CT molecular complexity index is 305. The molecule has 0 aliphatic heterocycles. The summed E-state index contributed by atoms with van der Waals surface area (Å²) in [5.74, 6) is 0. The molecule has 90 valence electrons. The first kappa shape index (κ1) is 13.2. The first-order chi connectivity index (χ1) is 7.42. The third kappa shape index (κ3) is 4.36. The quantitative estimate of drug-likeness (QED) is 0.811. The van der Waals surface area contributed by atoms with Crippen molar-refractivity contribution in [3.63, 3.8) is 0 Å². The van der Waals surface area contributed by atoms with Crippen molar-refractivity contribution in [2.24, 2.45) is 11.1 Å². The Balaban J connectivity index is 2.66. The van der Waals surface area contributed by atoms with Crippen molar-refractivity contribution in [1.82, 2.24) is 0 Å². The molecule has 0 radical (unpaired) electrons. The van der Waals surface area contributed by atoms with Gasteiger partial charge in [-0.15, -0.1) is 0 Å². The SMILES string of the molecule is CCCc1ccc(C(N)CC(C)(C)C)cc1. The number of rotatable bonds is 4. The van der Waals surface area contributed by atoms with E-state index < -0.39 is 0 Å². The standard InChI is InChI=1S/C15H25N/c1-5-6-12-7-9-13(10-8-12)14(16)11-15(2,3)4/h7-10,14H,5-6,11,16H2,1-4H3. The molecule has 0 heterocycles. The van der Waals surface area contributed by atoms with E-state index in [-0.39, 0.29) is 6.04 Å². The smallest absolute Gasteiger partial charge is 0.0299 e. The maximum absolute atomic E-state index is 6.21. The minimum absolute atomic E-state index is 0.163. The number of nitrogens with two attached hydrogens (primary N) is 1. The summed E-state index contributed by atoms with van der Waals surface area (Å²) in [6, 6.07) is 8.95. The third-order valence-corrected chi connectivity index (χ3v) is 2.78. The number of hydrogen-bond donors (Lipinski definition) is 1. The van der Waals surface area contributed by atoms with Crippen LogP contribution < -0.4 is 5.73 Å². The van der Waals surface area contributed by atoms with Crippen LogP contribution in [0.1, 0.15) is 57.7 Å². The molecule has 0 bridgehead atoms. The Kier molecular flexibility index (Phi) is 4.55. The van der Waals surface area contributed by atoms with Crippen LogP contribution in [0.4, 0.5) is 0 Å². The maximum atomic E-state index is 6.21. The fourth-order valence-corrected chi connectivity index (χ4v) is 2.00. The lowest BCUT2D eigenvalue weighted by Crippen LogP contribution is -2.18. The van der Waals surface area contributed by atoms with Crippen molar-refractivity contribution < 1.29 is 0 Å². The highest BCUT2D eigenvalue weighted by atomic mass is 14.6. The van der Waals surface area contributed by atoms with Crippen molar-refractivity contribution in [2.45, 2.75) is 53.0 Å². The van der Waals surface area contributed by atoms with Crippen molar-refractivity contribution in [3.05, 3.63) is 35.4 Å². The molecule has 16 heavy (non-hydrogen) atoms. The second-order valence-corrected chi connectivity index (χ2v) is 5.86. The molecule has 0 saturated carbocycles. The van der Waals surface area contributed by atoms with E-state index in [1.54, 1.807) is 0 Å². The molecule has 0 fully saturated rings. The van der Waals surface area contributed by atoms with Gasteiger partial charge >= 0.3 is 0 Å². The van der Waals surface area contributed by atoms with Crippen LogP contribution in [0, 0.1) is 5.41 Å². The van der Waals surface area contributed by atoms with Crippen LogP contribution in [0.15, 0.2) is 24.3 Å². The van der Waals surface area contributed by atoms with Gasteiger partial charge in [0.2, 0.25) is 0 Å². The largest absolute Gasteiger partial charge is 0.324 e. The van der Waals surface area contributed by atoms with Gasteiger partial charge in [0.25, 0.3) is 0 Å². The zero-order valence-corrected chi connectivity index (χ0v) is 11.1. The van der Waals surface area contributed by atoms with Crippen LogP contribution in [-0.4, -0.2) is 0 Å². The summed E-state index contributed by atoms with van der Waals surface area (Å²) in [4.78, 5) is 0. The van der Waals surface area contributed by atoms with E-state index in [1.807, 2.05) is 0 Å². The van der Waals surface area contributed by atoms with Gasteiger partial charge in [-0.2, -0.15) is 0 Å². The van der Waals surface area contributed by atoms with Gasteiger partial charge in [0.05, 0.1) is 0 Å². The molecular formula is C15H25N. The van der Waals surface area contributed by atoms with Crippen LogP contribution in [0.25, 0.3) is 0 Å². The summed E-state index contributed by atoms with van der Waals surface area (Å²) < 4.78 is 0. The fraction of sp³-hybridized carbons (Fsp3) is 0.600. The Morgan fingerprint density at radius 1 is 1.12 bits per heavy atom. The van der Waals surface area contributed by atoms with Gasteiger partial charge in [-0.1, -0.05) is 58.4 Å². The highest BCUT2D eigenvalue weighted by molar-refractivity contribution is 5.25. The van der Waals surface area contributed by atoms with E-state index >= 15 is 0 Å². The number of hydrogen-bond acceptors (Lipinski definition) is 1. The van der Waals surface area contributed by atoms with Crippen molar-refractivity contribution in [2.75, 3.05) is 0 Å². The zero-order valence-electron chi connectivity index (χ0n) is 11.1. The lowest BCUT2D eigenvalue weighted by Gasteiger charge is -2.23. The van der Waals surface area contributed by atoms with Gasteiger partial charge in [0.1, 0.15) is 0 Å². The van der Waals surface area contributed by atoms with Crippen LogP contribution >= 0.6 is 0 Å². The second-order valence-electron chi connectivity index (χ2n) is 5.86. The van der Waals surface area contributed by atoms with Crippen molar-refractivity contribution in [3.8, 4) is 0 Å². The molecule has 1 rings (SSSR count). The van der Waals surface area contributed by atoms with Gasteiger partial charge in [-0.25, -0.2) is 0 Å². The molecule has 0 amide bonds. The van der Waals surface area contributed by atoms with Crippen molar-refractivity contribution in [1.29, 1.82) is 0 Å². The van der Waals surface area contributed by atoms with E-state index in [4.69, 9.17) is 5.73 Å². The minimum Gasteiger partial charge on any atom is -0.324 e. The van der Waals surface area contributed by atoms with Crippen LogP contribution in [-0.2, 0) is 6.42 Å². The van der Waals surface area contributed by atoms with Crippen LogP contribution in [0.2, 0.25) is 0 Å². The molecule has 0 aromatic heterocycles. The monoisotopic (exact) mass is 219 g/mol. The number of aryl methyl sites for hydroxylation is 1. The highest BCUT2D eigenvalue weighted by Crippen LogP contribution is 2.27. The summed E-state index contributed by atoms with van der Waals surface area (Å²) in [5.41, 5.74) is 9.17. The van der Waals surface area contributed by atoms with Gasteiger partial charge in [0, 0.05) is 6.04 Å². The zero-order chi connectivity index (χ0) is 12.2. The predicted octanol–water partition coefficient (Wildman–Crippen LogP) is 4.08. The van der Waals surface area contributed by atoms with Crippen molar-refractivity contribution >= 4 is 0 Å². The summed E-state index contributed by atoms with van der Waals surface area (Å²) in [7, 11) is 0. The molecular weight excluding hydrogens is 194 g/mol. The van der Waals surface area contributed by atoms with Gasteiger partial charge < -0.3 is 5.73 Å². The van der Waals surface area contributed by atoms with E-state index in [0.29, 0.717) is 5.41 Å². The molecule has 2 N–H and O–H groups in total. The Labute approximate surface area is 100 Å². The van der Waals surface area contributed by atoms with Gasteiger partial charge in [-0.05, 0) is 29.4 Å². The number of benzene rings is 1. The van der Waals surface area contributed by atoms with Crippen LogP contribution in [0.5, 0.6) is 0 Å². The molecule has 1 aromatic carbocycles. The lowest BCUT2D eigenvalue weighted by molar-refractivity contribution is 0.343. The molecule has 1 atom stereocenters. The van der Waals surface area contributed by atoms with E-state index in [1.165, 1.54) is 17.5 Å². The van der Waals surface area contributed by atoms with E-state index in [0.717, 1.165) is 12.8 Å². The summed E-state index contributed by atoms with van der Waals surface area (Å²) in [6.45, 7) is 8.91. The molecule has 1 heteroatoms. The maximum Gasteiger partial charge on any atom is 0.0299 e. The first-order valence-electron chi connectivity index (χ1n) is 6.27. The molecule has 0 saturated heterocycles. The fourth-order valence-electron chi connectivity index (χ4n) is 2.00. The molecule has 1 nitrogen and oxygen atoms in total. The highest BCUT2D eigenvalue weighted by Gasteiger charge is 2.16. The van der Waals surface area contributed by atoms with Gasteiger partial charge in [0.15, 0.2) is 0 Å². The molecule has 1 unspecified atom stereocenters.